The summed E-state index contributed by atoms with van der Waals surface area (Å²) >= 11 is 0. The number of para-hydroxylation sites is 1. The third kappa shape index (κ3) is 4.15. The zero-order valence-electron chi connectivity index (χ0n) is 12.9. The van der Waals surface area contributed by atoms with Crippen molar-refractivity contribution < 1.29 is 19.5 Å². The molecule has 1 heterocycles. The normalized spacial score (nSPS) is 14.4. The molecule has 0 unspecified atom stereocenters. The second kappa shape index (κ2) is 7.53. The van der Waals surface area contributed by atoms with Crippen molar-refractivity contribution in [2.75, 3.05) is 18.1 Å². The molecule has 1 aromatic rings. The number of carbonyl (C=O) groups excluding carboxylic acids is 2. The minimum Gasteiger partial charge on any atom is -0.480 e. The molecule has 0 atom stereocenters. The van der Waals surface area contributed by atoms with Gasteiger partial charge >= 0.3 is 5.97 Å². The van der Waals surface area contributed by atoms with E-state index in [9.17, 15) is 14.4 Å². The molecule has 23 heavy (non-hydrogen) atoms. The smallest absolute Gasteiger partial charge is 0.323 e. The van der Waals surface area contributed by atoms with Gasteiger partial charge in [0, 0.05) is 19.4 Å². The number of hydrazone groups is 1. The average molecular weight is 317 g/mol. The van der Waals surface area contributed by atoms with Crippen molar-refractivity contribution in [3.8, 4) is 0 Å². The Balaban J connectivity index is 2.25. The second-order valence-corrected chi connectivity index (χ2v) is 5.21. The molecule has 0 aliphatic carbocycles. The summed E-state index contributed by atoms with van der Waals surface area (Å²) in [5.41, 5.74) is 0.797. The summed E-state index contributed by atoms with van der Waals surface area (Å²) in [6, 6.07) is 8.85. The molecule has 122 valence electrons. The van der Waals surface area contributed by atoms with Crippen LogP contribution in [0.1, 0.15) is 26.2 Å². The molecule has 0 aromatic heterocycles. The molecule has 1 aromatic carbocycles. The SMILES string of the molecule is CCCN(CC(=O)O)C(=O)C1=NN(c2ccccc2)C(=O)CC1. The van der Waals surface area contributed by atoms with Crippen molar-refractivity contribution >= 4 is 29.2 Å². The third-order valence-electron chi connectivity index (χ3n) is 3.39. The molecule has 7 nitrogen and oxygen atoms in total. The molecule has 0 saturated carbocycles. The molecule has 0 bridgehead atoms. The van der Waals surface area contributed by atoms with Crippen molar-refractivity contribution in [3.05, 3.63) is 30.3 Å². The summed E-state index contributed by atoms with van der Waals surface area (Å²) in [6.07, 6.45) is 1.04. The highest BCUT2D eigenvalue weighted by molar-refractivity contribution is 6.40. The minimum absolute atomic E-state index is 0.173. The van der Waals surface area contributed by atoms with Crippen molar-refractivity contribution in [3.63, 3.8) is 0 Å². The monoisotopic (exact) mass is 317 g/mol. The highest BCUT2D eigenvalue weighted by atomic mass is 16.4. The van der Waals surface area contributed by atoms with Crippen LogP contribution in [0, 0.1) is 0 Å². The summed E-state index contributed by atoms with van der Waals surface area (Å²) < 4.78 is 0. The Morgan fingerprint density at radius 2 is 1.96 bits per heavy atom. The molecular formula is C16H19N3O4. The van der Waals surface area contributed by atoms with Crippen molar-refractivity contribution in [2.45, 2.75) is 26.2 Å². The zero-order chi connectivity index (χ0) is 16.8. The maximum Gasteiger partial charge on any atom is 0.323 e. The van der Waals surface area contributed by atoms with Crippen LogP contribution in [0.3, 0.4) is 0 Å². The number of hydrogen-bond donors (Lipinski definition) is 1. The summed E-state index contributed by atoms with van der Waals surface area (Å²) in [5, 5.41) is 14.3. The van der Waals surface area contributed by atoms with E-state index in [0.717, 1.165) is 0 Å². The average Bonchev–Trinajstić information content (AvgIpc) is 2.54. The Morgan fingerprint density at radius 1 is 1.26 bits per heavy atom. The lowest BCUT2D eigenvalue weighted by atomic mass is 10.1. The molecule has 0 spiro atoms. The number of anilines is 1. The van der Waals surface area contributed by atoms with Gasteiger partial charge in [-0.25, -0.2) is 5.01 Å². The van der Waals surface area contributed by atoms with Gasteiger partial charge < -0.3 is 10.0 Å². The first-order valence-corrected chi connectivity index (χ1v) is 7.49. The summed E-state index contributed by atoms with van der Waals surface area (Å²) in [6.45, 7) is 1.83. The van der Waals surface area contributed by atoms with Crippen molar-refractivity contribution in [1.29, 1.82) is 0 Å². The topological polar surface area (TPSA) is 90.3 Å². The minimum atomic E-state index is -1.07. The molecule has 2 rings (SSSR count). The molecule has 0 fully saturated rings. The molecule has 1 aliphatic rings. The van der Waals surface area contributed by atoms with E-state index < -0.39 is 11.9 Å². The Hall–Kier alpha value is -2.70. The van der Waals surface area contributed by atoms with Gasteiger partial charge in [0.15, 0.2) is 0 Å². The molecular weight excluding hydrogens is 298 g/mol. The predicted octanol–water partition coefficient (Wildman–Crippen LogP) is 1.49. The van der Waals surface area contributed by atoms with Gasteiger partial charge in [-0.15, -0.1) is 0 Å². The Morgan fingerprint density at radius 3 is 2.57 bits per heavy atom. The fraction of sp³-hybridized carbons (Fsp3) is 0.375. The number of nitrogens with zero attached hydrogens (tertiary/aromatic N) is 3. The number of carbonyl (C=O) groups is 3. The molecule has 2 amide bonds. The first-order valence-electron chi connectivity index (χ1n) is 7.49. The van der Waals surface area contributed by atoms with E-state index in [1.807, 2.05) is 13.0 Å². The van der Waals surface area contributed by atoms with E-state index in [4.69, 9.17) is 5.11 Å². The van der Waals surface area contributed by atoms with Gasteiger partial charge in [0.1, 0.15) is 12.3 Å². The van der Waals surface area contributed by atoms with Crippen LogP contribution in [0.4, 0.5) is 5.69 Å². The van der Waals surface area contributed by atoms with Crippen LogP contribution >= 0.6 is 0 Å². The van der Waals surface area contributed by atoms with Gasteiger partial charge in [-0.2, -0.15) is 5.10 Å². The van der Waals surface area contributed by atoms with Crippen LogP contribution in [0.2, 0.25) is 0 Å². The van der Waals surface area contributed by atoms with Gasteiger partial charge in [-0.3, -0.25) is 14.4 Å². The molecule has 7 heteroatoms. The molecule has 1 N–H and O–H groups in total. The van der Waals surface area contributed by atoms with Crippen LogP contribution in [-0.4, -0.2) is 46.6 Å². The van der Waals surface area contributed by atoms with E-state index >= 15 is 0 Å². The van der Waals surface area contributed by atoms with Crippen LogP contribution in [0.5, 0.6) is 0 Å². The Kier molecular flexibility index (Phi) is 5.46. The summed E-state index contributed by atoms with van der Waals surface area (Å²) in [5.74, 6) is -1.69. The van der Waals surface area contributed by atoms with E-state index in [1.54, 1.807) is 24.3 Å². The van der Waals surface area contributed by atoms with E-state index in [2.05, 4.69) is 5.10 Å². The molecule has 0 saturated heterocycles. The lowest BCUT2D eigenvalue weighted by Crippen LogP contribution is -2.43. The van der Waals surface area contributed by atoms with Gasteiger partial charge in [0.25, 0.3) is 5.91 Å². The first-order chi connectivity index (χ1) is 11.0. The van der Waals surface area contributed by atoms with E-state index in [-0.39, 0.29) is 31.0 Å². The van der Waals surface area contributed by atoms with Crippen molar-refractivity contribution in [1.82, 2.24) is 4.90 Å². The third-order valence-corrected chi connectivity index (χ3v) is 3.39. The standard InChI is InChI=1S/C16H19N3O4/c1-2-10-18(11-15(21)22)16(23)13-8-9-14(20)19(17-13)12-6-4-3-5-7-12/h3-7H,2,8-11H2,1H3,(H,21,22). The van der Waals surface area contributed by atoms with E-state index in [1.165, 1.54) is 9.91 Å². The van der Waals surface area contributed by atoms with Gasteiger partial charge in [-0.05, 0) is 18.6 Å². The number of carboxylic acid groups (broad SMARTS) is 1. The zero-order valence-corrected chi connectivity index (χ0v) is 12.9. The first kappa shape index (κ1) is 16.7. The highest BCUT2D eigenvalue weighted by Gasteiger charge is 2.28. The molecule has 0 radical (unpaired) electrons. The largest absolute Gasteiger partial charge is 0.480 e. The maximum atomic E-state index is 12.5. The number of amides is 2. The second-order valence-electron chi connectivity index (χ2n) is 5.21. The summed E-state index contributed by atoms with van der Waals surface area (Å²) in [4.78, 5) is 36.7. The number of carboxylic acids is 1. The number of benzene rings is 1. The lowest BCUT2D eigenvalue weighted by molar-refractivity contribution is -0.142. The van der Waals surface area contributed by atoms with Gasteiger partial charge in [0.2, 0.25) is 5.91 Å². The quantitative estimate of drug-likeness (QED) is 0.860. The number of hydrogen-bond acceptors (Lipinski definition) is 4. The Labute approximate surface area is 134 Å². The fourth-order valence-corrected chi connectivity index (χ4v) is 2.35. The number of rotatable bonds is 6. The highest BCUT2D eigenvalue weighted by Crippen LogP contribution is 2.20. The maximum absolute atomic E-state index is 12.5. The number of aliphatic carboxylic acids is 1. The van der Waals surface area contributed by atoms with Gasteiger partial charge in [-0.1, -0.05) is 25.1 Å². The fourth-order valence-electron chi connectivity index (χ4n) is 2.35. The predicted molar refractivity (Wildman–Crippen MR) is 85.1 cm³/mol. The van der Waals surface area contributed by atoms with Crippen molar-refractivity contribution in [2.24, 2.45) is 5.10 Å². The van der Waals surface area contributed by atoms with Crippen LogP contribution in [-0.2, 0) is 14.4 Å². The summed E-state index contributed by atoms with van der Waals surface area (Å²) in [7, 11) is 0. The van der Waals surface area contributed by atoms with Crippen LogP contribution < -0.4 is 5.01 Å². The van der Waals surface area contributed by atoms with E-state index in [0.29, 0.717) is 18.7 Å². The Bertz CT molecular complexity index is 627. The van der Waals surface area contributed by atoms with Crippen LogP contribution in [0.15, 0.2) is 35.4 Å². The van der Waals surface area contributed by atoms with Crippen LogP contribution in [0.25, 0.3) is 0 Å². The molecule has 1 aliphatic heterocycles. The lowest BCUT2D eigenvalue weighted by Gasteiger charge is -2.26. The van der Waals surface area contributed by atoms with Gasteiger partial charge in [0.05, 0.1) is 5.69 Å².